The Balaban J connectivity index is 0.00000225. The molecule has 5 nitrogen and oxygen atoms in total. The number of piperidine rings is 1. The summed E-state index contributed by atoms with van der Waals surface area (Å²) in [5.41, 5.74) is 0.551. The largest absolute Gasteiger partial charge is 0.490 e. The van der Waals surface area contributed by atoms with E-state index in [4.69, 9.17) is 9.47 Å². The number of carbonyl (C=O) groups excluding carboxylic acids is 1. The molecule has 1 amide bonds. The molecular weight excluding hydrogens is 376 g/mol. The third-order valence-corrected chi connectivity index (χ3v) is 5.31. The van der Waals surface area contributed by atoms with Crippen LogP contribution < -0.4 is 20.1 Å². The van der Waals surface area contributed by atoms with Crippen LogP contribution >= 0.6 is 12.4 Å². The van der Waals surface area contributed by atoms with E-state index >= 15 is 0 Å². The van der Waals surface area contributed by atoms with Crippen LogP contribution in [-0.4, -0.2) is 30.6 Å². The second kappa shape index (κ2) is 9.30. The molecule has 2 heterocycles. The molecule has 2 N–H and O–H groups in total. The Bertz CT molecular complexity index is 802. The average Bonchev–Trinajstić information content (AvgIpc) is 3.02. The monoisotopic (exact) mass is 402 g/mol. The van der Waals surface area contributed by atoms with E-state index in [2.05, 4.69) is 10.6 Å². The SMILES string of the molecule is CCOc1ccccc1Oc1ccccc1C(=O)NC1CC2CCC(C1)N2.Cl. The van der Waals surface area contributed by atoms with Gasteiger partial charge in [-0.15, -0.1) is 12.4 Å². The van der Waals surface area contributed by atoms with Gasteiger partial charge >= 0.3 is 0 Å². The molecule has 2 saturated heterocycles. The Morgan fingerprint density at radius 2 is 1.61 bits per heavy atom. The Hall–Kier alpha value is -2.24. The highest BCUT2D eigenvalue weighted by atomic mass is 35.5. The molecule has 0 aromatic heterocycles. The van der Waals surface area contributed by atoms with Crippen molar-refractivity contribution in [1.29, 1.82) is 0 Å². The Labute approximate surface area is 172 Å². The lowest BCUT2D eigenvalue weighted by Crippen LogP contribution is -2.48. The number of hydrogen-bond acceptors (Lipinski definition) is 4. The second-order valence-corrected chi connectivity index (χ2v) is 7.26. The van der Waals surface area contributed by atoms with Gasteiger partial charge in [-0.2, -0.15) is 0 Å². The van der Waals surface area contributed by atoms with Crippen molar-refractivity contribution in [3.05, 3.63) is 54.1 Å². The number of fused-ring (bicyclic) bond motifs is 2. The van der Waals surface area contributed by atoms with Crippen molar-refractivity contribution in [2.45, 2.75) is 50.7 Å². The van der Waals surface area contributed by atoms with Gasteiger partial charge in [-0.3, -0.25) is 4.79 Å². The third-order valence-electron chi connectivity index (χ3n) is 5.31. The second-order valence-electron chi connectivity index (χ2n) is 7.26. The highest BCUT2D eigenvalue weighted by Crippen LogP contribution is 2.33. The minimum Gasteiger partial charge on any atom is -0.490 e. The van der Waals surface area contributed by atoms with Crippen molar-refractivity contribution in [3.63, 3.8) is 0 Å². The number of ether oxygens (including phenoxy) is 2. The van der Waals surface area contributed by atoms with E-state index in [0.717, 1.165) is 12.8 Å². The van der Waals surface area contributed by atoms with Crippen LogP contribution in [0.1, 0.15) is 43.0 Å². The Morgan fingerprint density at radius 3 is 2.29 bits per heavy atom. The van der Waals surface area contributed by atoms with Gasteiger partial charge in [0.25, 0.3) is 5.91 Å². The molecule has 0 aliphatic carbocycles. The highest BCUT2D eigenvalue weighted by Gasteiger charge is 2.34. The van der Waals surface area contributed by atoms with Gasteiger partial charge in [0.2, 0.25) is 0 Å². The molecule has 2 aliphatic heterocycles. The lowest BCUT2D eigenvalue weighted by Gasteiger charge is -2.29. The molecule has 2 fully saturated rings. The maximum absolute atomic E-state index is 12.9. The molecule has 2 unspecified atom stereocenters. The molecule has 28 heavy (non-hydrogen) atoms. The molecule has 150 valence electrons. The number of benzene rings is 2. The molecule has 4 rings (SSSR count). The summed E-state index contributed by atoms with van der Waals surface area (Å²) in [6.07, 6.45) is 4.42. The summed E-state index contributed by atoms with van der Waals surface area (Å²) in [4.78, 5) is 12.9. The molecule has 0 saturated carbocycles. The number of amides is 1. The molecule has 2 bridgehead atoms. The number of hydrogen-bond donors (Lipinski definition) is 2. The summed E-state index contributed by atoms with van der Waals surface area (Å²) >= 11 is 0. The predicted octanol–water partition coefficient (Wildman–Crippen LogP) is 4.31. The number of halogens is 1. The van der Waals surface area contributed by atoms with Gasteiger partial charge in [0.05, 0.1) is 12.2 Å². The summed E-state index contributed by atoms with van der Waals surface area (Å²) in [7, 11) is 0. The molecule has 2 atom stereocenters. The van der Waals surface area contributed by atoms with E-state index in [-0.39, 0.29) is 24.4 Å². The standard InChI is InChI=1S/C22H26N2O3.ClH/c1-2-26-20-9-5-6-10-21(20)27-19-8-4-3-7-18(19)22(25)24-17-13-15-11-12-16(14-17)23-15;/h3-10,15-17,23H,2,11-14H2,1H3,(H,24,25);1H. The number of nitrogens with one attached hydrogen (secondary N) is 2. The maximum atomic E-state index is 12.9. The Morgan fingerprint density at radius 1 is 1.00 bits per heavy atom. The van der Waals surface area contributed by atoms with Crippen LogP contribution in [0.2, 0.25) is 0 Å². The molecule has 0 radical (unpaired) electrons. The van der Waals surface area contributed by atoms with Crippen molar-refractivity contribution in [2.24, 2.45) is 0 Å². The summed E-state index contributed by atoms with van der Waals surface area (Å²) in [5.74, 6) is 1.74. The maximum Gasteiger partial charge on any atom is 0.255 e. The first-order valence-corrected chi connectivity index (χ1v) is 9.78. The van der Waals surface area contributed by atoms with Gasteiger partial charge in [-0.05, 0) is 56.9 Å². The average molecular weight is 403 g/mol. The number of para-hydroxylation sites is 3. The first-order chi connectivity index (χ1) is 13.2. The van der Waals surface area contributed by atoms with E-state index in [0.29, 0.717) is 41.5 Å². The molecule has 0 spiro atoms. The summed E-state index contributed by atoms with van der Waals surface area (Å²) in [6.45, 7) is 2.49. The summed E-state index contributed by atoms with van der Waals surface area (Å²) < 4.78 is 11.7. The smallest absolute Gasteiger partial charge is 0.255 e. The fraction of sp³-hybridized carbons (Fsp3) is 0.409. The van der Waals surface area contributed by atoms with E-state index in [1.807, 2.05) is 55.5 Å². The van der Waals surface area contributed by atoms with E-state index < -0.39 is 0 Å². The lowest BCUT2D eigenvalue weighted by molar-refractivity contribution is 0.0921. The van der Waals surface area contributed by atoms with E-state index in [9.17, 15) is 4.79 Å². The van der Waals surface area contributed by atoms with Crippen LogP contribution in [0.4, 0.5) is 0 Å². The zero-order valence-electron chi connectivity index (χ0n) is 16.0. The first kappa shape index (κ1) is 20.5. The van der Waals surface area contributed by atoms with Crippen LogP contribution in [-0.2, 0) is 0 Å². The minimum atomic E-state index is -0.0780. The van der Waals surface area contributed by atoms with Crippen LogP contribution in [0.25, 0.3) is 0 Å². The fourth-order valence-electron chi connectivity index (χ4n) is 4.11. The summed E-state index contributed by atoms with van der Waals surface area (Å²) in [5, 5.41) is 6.82. The summed E-state index contributed by atoms with van der Waals surface area (Å²) in [6, 6.07) is 16.2. The predicted molar refractivity (Wildman–Crippen MR) is 112 cm³/mol. The van der Waals surface area contributed by atoms with E-state index in [1.165, 1.54) is 12.8 Å². The number of rotatable bonds is 6. The zero-order valence-corrected chi connectivity index (χ0v) is 16.8. The van der Waals surface area contributed by atoms with Crippen molar-refractivity contribution in [1.82, 2.24) is 10.6 Å². The van der Waals surface area contributed by atoms with Gasteiger partial charge in [0.1, 0.15) is 5.75 Å². The van der Waals surface area contributed by atoms with Gasteiger partial charge in [0, 0.05) is 18.1 Å². The van der Waals surface area contributed by atoms with Crippen molar-refractivity contribution in [2.75, 3.05) is 6.61 Å². The fourth-order valence-corrected chi connectivity index (χ4v) is 4.11. The highest BCUT2D eigenvalue weighted by molar-refractivity contribution is 5.97. The van der Waals surface area contributed by atoms with Gasteiger partial charge in [-0.1, -0.05) is 24.3 Å². The lowest BCUT2D eigenvalue weighted by atomic mass is 9.99. The van der Waals surface area contributed by atoms with Crippen LogP contribution in [0, 0.1) is 0 Å². The third kappa shape index (κ3) is 4.59. The molecular formula is C22H27ClN2O3. The van der Waals surface area contributed by atoms with Crippen LogP contribution in [0.5, 0.6) is 17.2 Å². The molecule has 2 aromatic carbocycles. The van der Waals surface area contributed by atoms with Crippen molar-refractivity contribution in [3.8, 4) is 17.2 Å². The van der Waals surface area contributed by atoms with Crippen LogP contribution in [0.15, 0.2) is 48.5 Å². The van der Waals surface area contributed by atoms with Crippen LogP contribution in [0.3, 0.4) is 0 Å². The minimum absolute atomic E-state index is 0. The Kier molecular flexibility index (Phi) is 6.81. The normalized spacial score (nSPS) is 22.8. The quantitative estimate of drug-likeness (QED) is 0.755. The molecule has 2 aromatic rings. The van der Waals surface area contributed by atoms with E-state index in [1.54, 1.807) is 0 Å². The van der Waals surface area contributed by atoms with Gasteiger partial charge in [-0.25, -0.2) is 0 Å². The number of carbonyl (C=O) groups is 1. The topological polar surface area (TPSA) is 59.6 Å². The van der Waals surface area contributed by atoms with Crippen molar-refractivity contribution >= 4 is 18.3 Å². The zero-order chi connectivity index (χ0) is 18.6. The van der Waals surface area contributed by atoms with Gasteiger partial charge in [0.15, 0.2) is 11.5 Å². The van der Waals surface area contributed by atoms with Gasteiger partial charge < -0.3 is 20.1 Å². The van der Waals surface area contributed by atoms with Crippen molar-refractivity contribution < 1.29 is 14.3 Å². The first-order valence-electron chi connectivity index (χ1n) is 9.78. The molecule has 2 aliphatic rings. The molecule has 6 heteroatoms.